The molecule has 404 valence electrons. The third-order valence-electron chi connectivity index (χ3n) is 12.6. The van der Waals surface area contributed by atoms with Crippen LogP contribution in [-0.2, 0) is 39.0 Å². The number of aryl methyl sites for hydroxylation is 6. The molecule has 10 aromatic rings. The van der Waals surface area contributed by atoms with E-state index in [0.717, 1.165) is 65.4 Å². The number of halogens is 6. The molecule has 6 aromatic carbocycles. The van der Waals surface area contributed by atoms with Gasteiger partial charge in [-0.1, -0.05) is 70.0 Å². The molecule has 0 bridgehead atoms. The number of benzene rings is 6. The monoisotopic (exact) mass is 1070 g/mol. The summed E-state index contributed by atoms with van der Waals surface area (Å²) >= 11 is 0. The van der Waals surface area contributed by atoms with E-state index in [0.29, 0.717) is 58.8 Å². The average Bonchev–Trinajstić information content (AvgIpc) is 3.47. The molecule has 0 amide bonds. The number of para-hydroxylation sites is 5. The number of nitrogens with zero attached hydrogens (tertiary/aromatic N) is 8. The molecule has 4 heterocycles. The van der Waals surface area contributed by atoms with E-state index in [1.807, 2.05) is 74.7 Å². The zero-order valence-corrected chi connectivity index (χ0v) is 44.0. The van der Waals surface area contributed by atoms with Crippen molar-refractivity contribution >= 4 is 44.1 Å². The van der Waals surface area contributed by atoms with Gasteiger partial charge < -0.3 is 13.7 Å². The predicted molar refractivity (Wildman–Crippen MR) is 295 cm³/mol. The third kappa shape index (κ3) is 13.2. The van der Waals surface area contributed by atoms with E-state index in [9.17, 15) is 45.5 Å². The van der Waals surface area contributed by atoms with Gasteiger partial charge in [0.05, 0.1) is 38.6 Å². The summed E-state index contributed by atoms with van der Waals surface area (Å²) in [5.41, 5.74) is 7.00. The second-order valence-electron chi connectivity index (χ2n) is 18.1. The van der Waals surface area contributed by atoms with Gasteiger partial charge in [-0.05, 0) is 143 Å². The van der Waals surface area contributed by atoms with Gasteiger partial charge in [0, 0.05) is 30.8 Å². The Morgan fingerprint density at radius 3 is 1.50 bits per heavy atom. The molecule has 0 aliphatic rings. The lowest BCUT2D eigenvalue weighted by molar-refractivity contribution is -0.140. The Balaban J connectivity index is 0.000000153. The highest BCUT2D eigenvalue weighted by Gasteiger charge is 2.30. The first kappa shape index (κ1) is 57.2. The lowest BCUT2D eigenvalue weighted by Crippen LogP contribution is -2.30. The SMILES string of the molecule is CCCCn1c(=O)c(-c2ccc(F)cc2)nc2ccccc21.CCCc1nc2ccc(C)cc2n(CC)c1=O.CCc1nc2c(F)cccc2n(CC)c1=O.O=c1c(-c2ccc(F)cc2)nc2ccccc2n1CC(F)(F)F. The van der Waals surface area contributed by atoms with Gasteiger partial charge in [0.2, 0.25) is 0 Å². The topological polar surface area (TPSA) is 140 Å². The summed E-state index contributed by atoms with van der Waals surface area (Å²) in [6.45, 7) is 12.4. The molecular formula is C60H58F6N8O4. The van der Waals surface area contributed by atoms with E-state index < -0.39 is 24.1 Å². The van der Waals surface area contributed by atoms with Crippen LogP contribution in [0.15, 0.2) is 153 Å². The van der Waals surface area contributed by atoms with Gasteiger partial charge in [-0.15, -0.1) is 0 Å². The molecular weight excluding hydrogens is 1010 g/mol. The fourth-order valence-electron chi connectivity index (χ4n) is 8.79. The summed E-state index contributed by atoms with van der Waals surface area (Å²) in [6, 6.07) is 35.2. The molecule has 0 fully saturated rings. The highest BCUT2D eigenvalue weighted by atomic mass is 19.4. The maximum absolute atomic E-state index is 13.6. The molecule has 0 aliphatic heterocycles. The Bertz CT molecular complexity index is 3990. The van der Waals surface area contributed by atoms with Crippen molar-refractivity contribution in [3.05, 3.63) is 209 Å². The highest BCUT2D eigenvalue weighted by Crippen LogP contribution is 2.24. The van der Waals surface area contributed by atoms with Crippen LogP contribution in [0.4, 0.5) is 26.3 Å². The summed E-state index contributed by atoms with van der Waals surface area (Å²) in [5.74, 6) is -1.21. The van der Waals surface area contributed by atoms with Crippen molar-refractivity contribution in [1.29, 1.82) is 0 Å². The molecule has 0 aliphatic carbocycles. The molecule has 0 atom stereocenters. The largest absolute Gasteiger partial charge is 0.406 e. The smallest absolute Gasteiger partial charge is 0.305 e. The van der Waals surface area contributed by atoms with Gasteiger partial charge in [0.15, 0.2) is 5.82 Å². The zero-order chi connectivity index (χ0) is 56.3. The zero-order valence-electron chi connectivity index (χ0n) is 44.0. The summed E-state index contributed by atoms with van der Waals surface area (Å²) in [7, 11) is 0. The minimum atomic E-state index is -4.55. The first-order chi connectivity index (χ1) is 37.4. The molecule has 12 nitrogen and oxygen atoms in total. The van der Waals surface area contributed by atoms with Gasteiger partial charge >= 0.3 is 6.18 Å². The fraction of sp³-hybridized carbons (Fsp3) is 0.267. The molecule has 0 saturated carbocycles. The normalized spacial score (nSPS) is 11.2. The maximum atomic E-state index is 13.6. The number of aromatic nitrogens is 8. The van der Waals surface area contributed by atoms with E-state index in [2.05, 4.69) is 33.8 Å². The lowest BCUT2D eigenvalue weighted by Gasteiger charge is -2.14. The van der Waals surface area contributed by atoms with Gasteiger partial charge in [0.1, 0.15) is 46.5 Å². The van der Waals surface area contributed by atoms with Crippen molar-refractivity contribution in [2.75, 3.05) is 0 Å². The number of fused-ring (bicyclic) bond motifs is 4. The van der Waals surface area contributed by atoms with Crippen LogP contribution in [0.2, 0.25) is 0 Å². The van der Waals surface area contributed by atoms with Crippen LogP contribution in [0.5, 0.6) is 0 Å². The lowest BCUT2D eigenvalue weighted by atomic mass is 10.1. The van der Waals surface area contributed by atoms with Crippen LogP contribution < -0.4 is 22.2 Å². The summed E-state index contributed by atoms with van der Waals surface area (Å²) < 4.78 is 83.9. The maximum Gasteiger partial charge on any atom is 0.406 e. The first-order valence-corrected chi connectivity index (χ1v) is 25.7. The van der Waals surface area contributed by atoms with Crippen LogP contribution in [-0.4, -0.2) is 44.4 Å². The first-order valence-electron chi connectivity index (χ1n) is 25.7. The Morgan fingerprint density at radius 1 is 0.474 bits per heavy atom. The quantitative estimate of drug-likeness (QED) is 0.117. The van der Waals surface area contributed by atoms with Gasteiger partial charge in [-0.2, -0.15) is 13.2 Å². The Hall–Kier alpha value is -8.54. The standard InChI is InChI=1S/C18H17FN2O.C16H10F4N2O.C14H18N2O.C12H13FN2O/c1-2-3-12-21-16-7-5-4-6-15(16)20-17(18(21)22)13-8-10-14(19)11-9-13;17-11-7-5-10(6-8-11)14-15(23)22(9-16(18,19)20)13-4-2-1-3-12(13)21-14;1-4-6-12-14(17)16(5-2)13-9-10(3)7-8-11(13)15-12;1-3-9-12(16)15(4-2)10-7-5-6-8(13)11(10)14-9/h4-11H,2-3,12H2,1H3;1-8H,9H2;7-9H,4-6H2,1-3H3;5-7H,3-4H2,1-2H3. The van der Waals surface area contributed by atoms with E-state index in [1.54, 1.807) is 39.5 Å². The number of unbranched alkanes of at least 4 members (excludes halogenated alkanes) is 1. The second kappa shape index (κ2) is 25.5. The van der Waals surface area contributed by atoms with Crippen molar-refractivity contribution < 1.29 is 26.3 Å². The Morgan fingerprint density at radius 2 is 0.974 bits per heavy atom. The fourth-order valence-corrected chi connectivity index (χ4v) is 8.79. The molecule has 0 radical (unpaired) electrons. The molecule has 0 spiro atoms. The minimum absolute atomic E-state index is 0.0625. The van der Waals surface area contributed by atoms with Gasteiger partial charge in [0.25, 0.3) is 22.2 Å². The van der Waals surface area contributed by atoms with E-state index in [4.69, 9.17) is 0 Å². The summed E-state index contributed by atoms with van der Waals surface area (Å²) in [6.07, 6.45) is -0.394. The Kier molecular flexibility index (Phi) is 18.7. The third-order valence-corrected chi connectivity index (χ3v) is 12.6. The van der Waals surface area contributed by atoms with Crippen molar-refractivity contribution in [3.8, 4) is 22.5 Å². The molecule has 10 rings (SSSR count). The molecule has 0 N–H and O–H groups in total. The van der Waals surface area contributed by atoms with Gasteiger partial charge in [-0.3, -0.25) is 23.7 Å². The van der Waals surface area contributed by atoms with Crippen molar-refractivity contribution in [3.63, 3.8) is 0 Å². The number of alkyl halides is 3. The molecule has 0 saturated heterocycles. The summed E-state index contributed by atoms with van der Waals surface area (Å²) in [5, 5.41) is 0. The highest BCUT2D eigenvalue weighted by molar-refractivity contribution is 5.79. The van der Waals surface area contributed by atoms with Crippen LogP contribution in [0.3, 0.4) is 0 Å². The number of hydrogen-bond donors (Lipinski definition) is 0. The molecule has 4 aromatic heterocycles. The van der Waals surface area contributed by atoms with Crippen molar-refractivity contribution in [2.24, 2.45) is 0 Å². The predicted octanol–water partition coefficient (Wildman–Crippen LogP) is 12.6. The van der Waals surface area contributed by atoms with E-state index >= 15 is 0 Å². The van der Waals surface area contributed by atoms with E-state index in [1.165, 1.54) is 48.5 Å². The van der Waals surface area contributed by atoms with Crippen LogP contribution >= 0.6 is 0 Å². The molecule has 0 unspecified atom stereocenters. The average molecular weight is 1070 g/mol. The number of rotatable bonds is 11. The van der Waals surface area contributed by atoms with Crippen molar-refractivity contribution in [1.82, 2.24) is 38.2 Å². The van der Waals surface area contributed by atoms with Crippen LogP contribution in [0, 0.1) is 24.4 Å². The summed E-state index contributed by atoms with van der Waals surface area (Å²) in [4.78, 5) is 66.6. The number of hydrogen-bond acceptors (Lipinski definition) is 8. The van der Waals surface area contributed by atoms with Crippen LogP contribution in [0.25, 0.3) is 66.6 Å². The Labute approximate surface area is 445 Å². The molecule has 18 heteroatoms. The van der Waals surface area contributed by atoms with Gasteiger partial charge in [-0.25, -0.2) is 33.1 Å². The molecule has 78 heavy (non-hydrogen) atoms. The minimum Gasteiger partial charge on any atom is -0.305 e. The second-order valence-corrected chi connectivity index (χ2v) is 18.1. The van der Waals surface area contributed by atoms with E-state index in [-0.39, 0.29) is 56.1 Å². The van der Waals surface area contributed by atoms with Crippen molar-refractivity contribution in [2.45, 2.75) is 106 Å². The van der Waals surface area contributed by atoms with Crippen LogP contribution in [0.1, 0.15) is 70.8 Å².